The molecule has 2 heterocycles. The van der Waals surface area contributed by atoms with Crippen LogP contribution in [0.25, 0.3) is 22.3 Å². The first kappa shape index (κ1) is 23.1. The van der Waals surface area contributed by atoms with Gasteiger partial charge in [-0.1, -0.05) is 42.5 Å². The van der Waals surface area contributed by atoms with Crippen molar-refractivity contribution in [3.63, 3.8) is 0 Å². The van der Waals surface area contributed by atoms with Gasteiger partial charge in [-0.3, -0.25) is 4.79 Å². The van der Waals surface area contributed by atoms with E-state index in [4.69, 9.17) is 9.47 Å². The van der Waals surface area contributed by atoms with Crippen LogP contribution in [0.4, 0.5) is 13.2 Å². The largest absolute Gasteiger partial charge is 0.497 e. The van der Waals surface area contributed by atoms with Gasteiger partial charge in [0.25, 0.3) is 5.91 Å². The first-order chi connectivity index (χ1) is 16.3. The molecule has 10 heteroatoms. The summed E-state index contributed by atoms with van der Waals surface area (Å²) in [5.41, 5.74) is 0.568. The van der Waals surface area contributed by atoms with Crippen molar-refractivity contribution in [3.8, 4) is 22.9 Å². The third-order valence-corrected chi connectivity index (χ3v) is 5.10. The number of nitrogens with one attached hydrogen (secondary N) is 1. The molecule has 34 heavy (non-hydrogen) atoms. The summed E-state index contributed by atoms with van der Waals surface area (Å²) in [6.07, 6.45) is -4.68. The minimum Gasteiger partial charge on any atom is -0.497 e. The number of rotatable bonds is 7. The molecule has 176 valence electrons. The minimum atomic E-state index is -4.68. The van der Waals surface area contributed by atoms with E-state index in [9.17, 15) is 18.0 Å². The van der Waals surface area contributed by atoms with Crippen LogP contribution >= 0.6 is 0 Å². The van der Waals surface area contributed by atoms with Gasteiger partial charge in [0.1, 0.15) is 11.4 Å². The van der Waals surface area contributed by atoms with Crippen LogP contribution in [0.15, 0.2) is 60.7 Å². The van der Waals surface area contributed by atoms with E-state index in [0.717, 1.165) is 11.6 Å². The predicted molar refractivity (Wildman–Crippen MR) is 119 cm³/mol. The number of carbonyl (C=O) groups is 1. The molecule has 0 spiro atoms. The SMILES string of the molecule is COc1cccc(CNC(=O)COc2cc(C(F)(F)F)c3c(-c4ccccc4)nn(C)c3n2)c1. The molecule has 0 fully saturated rings. The Labute approximate surface area is 193 Å². The van der Waals surface area contributed by atoms with E-state index in [2.05, 4.69) is 15.4 Å². The summed E-state index contributed by atoms with van der Waals surface area (Å²) in [6.45, 7) is -0.287. The molecule has 0 radical (unpaired) electrons. The molecule has 0 aliphatic rings. The van der Waals surface area contributed by atoms with Crippen molar-refractivity contribution >= 4 is 16.9 Å². The number of nitrogens with zero attached hydrogens (tertiary/aromatic N) is 3. The molecule has 0 aliphatic heterocycles. The van der Waals surface area contributed by atoms with Crippen molar-refractivity contribution in [2.75, 3.05) is 13.7 Å². The maximum Gasteiger partial charge on any atom is 0.417 e. The Balaban J connectivity index is 1.56. The second-order valence-electron chi connectivity index (χ2n) is 7.46. The summed E-state index contributed by atoms with van der Waals surface area (Å²) in [4.78, 5) is 16.4. The van der Waals surface area contributed by atoms with Gasteiger partial charge < -0.3 is 14.8 Å². The number of benzene rings is 2. The summed E-state index contributed by atoms with van der Waals surface area (Å²) in [5.74, 6) is -0.182. The first-order valence-corrected chi connectivity index (χ1v) is 10.3. The van der Waals surface area contributed by atoms with Crippen molar-refractivity contribution in [1.29, 1.82) is 0 Å². The number of halogens is 3. The van der Waals surface area contributed by atoms with Gasteiger partial charge in [-0.2, -0.15) is 23.3 Å². The zero-order valence-electron chi connectivity index (χ0n) is 18.4. The van der Waals surface area contributed by atoms with Gasteiger partial charge in [0.2, 0.25) is 5.88 Å². The van der Waals surface area contributed by atoms with Crippen molar-refractivity contribution in [3.05, 3.63) is 71.8 Å². The van der Waals surface area contributed by atoms with E-state index in [1.807, 2.05) is 6.07 Å². The number of fused-ring (bicyclic) bond motifs is 1. The van der Waals surface area contributed by atoms with Crippen LogP contribution in [0.3, 0.4) is 0 Å². The highest BCUT2D eigenvalue weighted by Crippen LogP contribution is 2.40. The van der Waals surface area contributed by atoms with Gasteiger partial charge >= 0.3 is 6.18 Å². The van der Waals surface area contributed by atoms with Crippen LogP contribution in [0.2, 0.25) is 0 Å². The van der Waals surface area contributed by atoms with E-state index in [-0.39, 0.29) is 29.2 Å². The topological polar surface area (TPSA) is 78.3 Å². The summed E-state index contributed by atoms with van der Waals surface area (Å²) in [6, 6.07) is 16.5. The van der Waals surface area contributed by atoms with E-state index < -0.39 is 24.3 Å². The molecule has 1 amide bonds. The summed E-state index contributed by atoms with van der Waals surface area (Å²) < 4.78 is 53.6. The Morgan fingerprint density at radius 2 is 1.85 bits per heavy atom. The average Bonchev–Trinajstić information content (AvgIpc) is 3.17. The highest BCUT2D eigenvalue weighted by atomic mass is 19.4. The second-order valence-corrected chi connectivity index (χ2v) is 7.46. The lowest BCUT2D eigenvalue weighted by Crippen LogP contribution is -2.28. The lowest BCUT2D eigenvalue weighted by molar-refractivity contribution is -0.136. The molecule has 0 bridgehead atoms. The number of carbonyl (C=O) groups excluding carboxylic acids is 1. The average molecular weight is 470 g/mol. The Hall–Kier alpha value is -4.08. The third-order valence-electron chi connectivity index (χ3n) is 5.10. The number of methoxy groups -OCH3 is 1. The van der Waals surface area contributed by atoms with Crippen LogP contribution in [-0.4, -0.2) is 34.4 Å². The number of alkyl halides is 3. The molecule has 1 N–H and O–H groups in total. The van der Waals surface area contributed by atoms with Gasteiger partial charge in [-0.25, -0.2) is 4.68 Å². The van der Waals surface area contributed by atoms with Gasteiger partial charge in [0.05, 0.1) is 18.1 Å². The van der Waals surface area contributed by atoms with E-state index in [0.29, 0.717) is 11.3 Å². The fourth-order valence-corrected chi connectivity index (χ4v) is 3.49. The third kappa shape index (κ3) is 4.95. The Morgan fingerprint density at radius 1 is 1.09 bits per heavy atom. The highest BCUT2D eigenvalue weighted by Gasteiger charge is 2.36. The molecular formula is C24H21F3N4O3. The van der Waals surface area contributed by atoms with Crippen molar-refractivity contribution in [2.24, 2.45) is 7.05 Å². The van der Waals surface area contributed by atoms with Crippen LogP contribution in [0, 0.1) is 0 Å². The fraction of sp³-hybridized carbons (Fsp3) is 0.208. The number of hydrogen-bond donors (Lipinski definition) is 1. The number of pyridine rings is 1. The molecule has 0 aliphatic carbocycles. The lowest BCUT2D eigenvalue weighted by Gasteiger charge is -2.12. The summed E-state index contributed by atoms with van der Waals surface area (Å²) >= 11 is 0. The van der Waals surface area contributed by atoms with Gasteiger partial charge in [0.15, 0.2) is 12.3 Å². The number of ether oxygens (including phenoxy) is 2. The van der Waals surface area contributed by atoms with Crippen molar-refractivity contribution < 1.29 is 27.4 Å². The quantitative estimate of drug-likeness (QED) is 0.434. The monoisotopic (exact) mass is 470 g/mol. The predicted octanol–water partition coefficient (Wildman–Crippen LogP) is 4.36. The van der Waals surface area contributed by atoms with Crippen LogP contribution in [0.1, 0.15) is 11.1 Å². The molecule has 4 aromatic rings. The first-order valence-electron chi connectivity index (χ1n) is 10.3. The Bertz CT molecular complexity index is 1320. The van der Waals surface area contributed by atoms with E-state index >= 15 is 0 Å². The molecule has 2 aromatic carbocycles. The molecule has 0 atom stereocenters. The Kier molecular flexibility index (Phi) is 6.40. The molecule has 0 saturated heterocycles. The zero-order chi connectivity index (χ0) is 24.3. The van der Waals surface area contributed by atoms with Gasteiger partial charge in [-0.05, 0) is 17.7 Å². The maximum absolute atomic E-state index is 14.0. The van der Waals surface area contributed by atoms with Gasteiger partial charge in [0, 0.05) is 25.2 Å². The summed E-state index contributed by atoms with van der Waals surface area (Å²) in [5, 5.41) is 6.78. The van der Waals surface area contributed by atoms with Crippen LogP contribution < -0.4 is 14.8 Å². The molecule has 7 nitrogen and oxygen atoms in total. The lowest BCUT2D eigenvalue weighted by atomic mass is 10.0. The minimum absolute atomic E-state index is 0.000432. The second kappa shape index (κ2) is 9.42. The Morgan fingerprint density at radius 3 is 2.56 bits per heavy atom. The number of amides is 1. The van der Waals surface area contributed by atoms with Crippen molar-refractivity contribution in [2.45, 2.75) is 12.7 Å². The fourth-order valence-electron chi connectivity index (χ4n) is 3.49. The number of aromatic nitrogens is 3. The molecule has 2 aromatic heterocycles. The van der Waals surface area contributed by atoms with E-state index in [1.54, 1.807) is 48.5 Å². The van der Waals surface area contributed by atoms with Crippen LogP contribution in [0.5, 0.6) is 11.6 Å². The molecule has 0 saturated carbocycles. The standard InChI is InChI=1S/C24H21F3N4O3/c1-31-23-21(22(30-31)16-8-4-3-5-9-16)18(24(25,26)27)12-20(29-23)34-14-19(32)28-13-15-7-6-10-17(11-15)33-2/h3-12H,13-14H2,1-2H3,(H,28,32). The van der Waals surface area contributed by atoms with Gasteiger partial charge in [-0.15, -0.1) is 0 Å². The normalized spacial score (nSPS) is 11.4. The molecule has 4 rings (SSSR count). The number of hydrogen-bond acceptors (Lipinski definition) is 5. The smallest absolute Gasteiger partial charge is 0.417 e. The van der Waals surface area contributed by atoms with Crippen molar-refractivity contribution in [1.82, 2.24) is 20.1 Å². The zero-order valence-corrected chi connectivity index (χ0v) is 18.4. The molecule has 0 unspecified atom stereocenters. The maximum atomic E-state index is 14.0. The number of aryl methyl sites for hydroxylation is 1. The van der Waals surface area contributed by atoms with E-state index in [1.165, 1.54) is 18.8 Å². The van der Waals surface area contributed by atoms with Crippen LogP contribution in [-0.2, 0) is 24.6 Å². The summed E-state index contributed by atoms with van der Waals surface area (Å²) in [7, 11) is 3.04. The molecular weight excluding hydrogens is 449 g/mol. The highest BCUT2D eigenvalue weighted by molar-refractivity contribution is 5.94.